The Kier molecular flexibility index (Phi) is 9.41. The topological polar surface area (TPSA) is 68.9 Å². The van der Waals surface area contributed by atoms with Crippen molar-refractivity contribution in [3.05, 3.63) is 24.5 Å². The van der Waals surface area contributed by atoms with Gasteiger partial charge in [-0.15, -0.1) is 6.07 Å². The van der Waals surface area contributed by atoms with E-state index in [1.807, 2.05) is 0 Å². The van der Waals surface area contributed by atoms with E-state index in [4.69, 9.17) is 5.73 Å². The maximum atomic E-state index is 5.28. The van der Waals surface area contributed by atoms with E-state index in [-0.39, 0.29) is 63.7 Å². The van der Waals surface area contributed by atoms with Crippen LogP contribution < -0.4 is 63.9 Å². The molecule has 0 aliphatic heterocycles. The summed E-state index contributed by atoms with van der Waals surface area (Å²) in [7, 11) is 0. The number of nitrogen functional groups attached to an aromatic ring is 1. The van der Waals surface area contributed by atoms with Crippen molar-refractivity contribution in [2.24, 2.45) is 0 Å². The molecule has 9 heavy (non-hydrogen) atoms. The van der Waals surface area contributed by atoms with Gasteiger partial charge in [0.15, 0.2) is 0 Å². The van der Waals surface area contributed by atoms with Crippen LogP contribution in [0.25, 0.3) is 0 Å². The number of nitrogens with two attached hydrogens (primary N) is 1. The second-order valence-corrected chi connectivity index (χ2v) is 1.22. The predicted octanol–water partition coefficient (Wildman–Crippen LogP) is -2.71. The van der Waals surface area contributed by atoms with Crippen LogP contribution >= 0.6 is 0 Å². The minimum atomic E-state index is 0. The summed E-state index contributed by atoms with van der Waals surface area (Å²) in [6, 6.07) is 3.42. The molecule has 0 bridgehead atoms. The molecule has 0 unspecified atom stereocenters. The van der Waals surface area contributed by atoms with Crippen LogP contribution in [0, 0.1) is 6.20 Å². The summed E-state index contributed by atoms with van der Waals surface area (Å²) in [5.41, 5.74) is 5.95. The Morgan fingerprint density at radius 3 is 2.44 bits per heavy atom. The van der Waals surface area contributed by atoms with Crippen LogP contribution in [0.2, 0.25) is 0 Å². The molecule has 0 aliphatic carbocycles. The molecule has 3 nitrogen and oxygen atoms in total. The number of hydrogen-bond donors (Lipinski definition) is 1. The maximum absolute atomic E-state index is 5.28. The van der Waals surface area contributed by atoms with Crippen LogP contribution in [-0.4, -0.2) is 10.5 Å². The molecule has 0 amide bonds. The van der Waals surface area contributed by atoms with Crippen molar-refractivity contribution in [3.8, 4) is 0 Å². The molecule has 4 heteroatoms. The van der Waals surface area contributed by atoms with E-state index < -0.39 is 0 Å². The first-order chi connectivity index (χ1) is 3.39. The van der Waals surface area contributed by atoms with E-state index >= 15 is 0 Å². The first-order valence-corrected chi connectivity index (χ1v) is 1.97. The van der Waals surface area contributed by atoms with Crippen LogP contribution in [0.1, 0.15) is 0 Å². The molecule has 1 heterocycles. The zero-order chi connectivity index (χ0) is 5.11. The van der Waals surface area contributed by atoms with E-state index in [2.05, 4.69) is 11.2 Å². The maximum Gasteiger partial charge on any atom is 1.00 e. The molecule has 0 saturated carbocycles. The first-order valence-electron chi connectivity index (χ1n) is 1.97. The molecule has 44 valence electrons. The third-order valence-electron chi connectivity index (χ3n) is 0.638. The van der Waals surface area contributed by atoms with Gasteiger partial charge in [-0.05, 0) is 0 Å². The third-order valence-corrected chi connectivity index (χ3v) is 0.638. The molecule has 0 saturated heterocycles. The largest absolute Gasteiger partial charge is 1.00 e. The van der Waals surface area contributed by atoms with Crippen LogP contribution in [0.5, 0.6) is 0 Å². The molecule has 3 N–H and O–H groups in total. The van der Waals surface area contributed by atoms with Gasteiger partial charge in [-0.25, -0.2) is 0 Å². The standard InChI is InChI=1S/C5H5N2.H2O.Rb/c6-5-2-1-3-7-4-5;;/h1-2,4H,6H2;1H2;/q-1;;+1/p-1. The molecular weight excluding hydrogens is 190 g/mol. The normalized spacial score (nSPS) is 6.67. The van der Waals surface area contributed by atoms with Gasteiger partial charge in [0.05, 0.1) is 0 Å². The number of hydrogen-bond acceptors (Lipinski definition) is 3. The first kappa shape index (κ1) is 12.4. The van der Waals surface area contributed by atoms with Gasteiger partial charge in [0.2, 0.25) is 0 Å². The Balaban J connectivity index is 0. The van der Waals surface area contributed by atoms with E-state index in [1.54, 1.807) is 18.3 Å². The summed E-state index contributed by atoms with van der Waals surface area (Å²) in [6.07, 6.45) is 4.16. The minimum absolute atomic E-state index is 0. The molecule has 0 aromatic carbocycles. The van der Waals surface area contributed by atoms with Crippen molar-refractivity contribution < 1.29 is 63.7 Å². The fourth-order valence-electron chi connectivity index (χ4n) is 0.331. The Morgan fingerprint density at radius 2 is 2.22 bits per heavy atom. The quantitative estimate of drug-likeness (QED) is 0.458. The smallest absolute Gasteiger partial charge is 0.870 e. The van der Waals surface area contributed by atoms with Gasteiger partial charge in [0.1, 0.15) is 0 Å². The van der Waals surface area contributed by atoms with E-state index in [9.17, 15) is 0 Å². The SMILES string of the molecule is Nc1cc[c-]nc1.[OH-].[Rb+]. The van der Waals surface area contributed by atoms with E-state index in [1.165, 1.54) is 0 Å². The zero-order valence-corrected chi connectivity index (χ0v) is 10.1. The molecule has 0 aliphatic rings. The molecule has 0 radical (unpaired) electrons. The second-order valence-electron chi connectivity index (χ2n) is 1.22. The van der Waals surface area contributed by atoms with Crippen LogP contribution in [0.3, 0.4) is 0 Å². The fraction of sp³-hybridized carbons (Fsp3) is 0. The third kappa shape index (κ3) is 5.17. The Bertz CT molecular complexity index is 145. The average molecular weight is 196 g/mol. The minimum Gasteiger partial charge on any atom is -0.870 e. The molecule has 0 spiro atoms. The number of rotatable bonds is 0. The Hall–Kier alpha value is 0.715. The molecule has 0 atom stereocenters. The monoisotopic (exact) mass is 195 g/mol. The van der Waals surface area contributed by atoms with Crippen LogP contribution in [0.4, 0.5) is 5.69 Å². The summed E-state index contributed by atoms with van der Waals surface area (Å²) in [4.78, 5) is 3.63. The molecule has 0 fully saturated rings. The Labute approximate surface area is 103 Å². The van der Waals surface area contributed by atoms with Gasteiger partial charge in [0, 0.05) is 0 Å². The van der Waals surface area contributed by atoms with Gasteiger partial charge in [-0.1, -0.05) is 18.1 Å². The van der Waals surface area contributed by atoms with Crippen molar-refractivity contribution in [2.45, 2.75) is 0 Å². The van der Waals surface area contributed by atoms with Crippen molar-refractivity contribution in [1.29, 1.82) is 0 Å². The van der Waals surface area contributed by atoms with Crippen molar-refractivity contribution in [3.63, 3.8) is 0 Å². The number of pyridine rings is 1. The summed E-state index contributed by atoms with van der Waals surface area (Å²) in [6.45, 7) is 0. The zero-order valence-electron chi connectivity index (χ0n) is 5.20. The second kappa shape index (κ2) is 6.83. The fourth-order valence-corrected chi connectivity index (χ4v) is 0.331. The van der Waals surface area contributed by atoms with Gasteiger partial charge in [-0.2, -0.15) is 6.07 Å². The molecule has 1 aromatic rings. The summed E-state index contributed by atoms with van der Waals surface area (Å²) in [5.74, 6) is 0. The molecule has 1 aromatic heterocycles. The van der Waals surface area contributed by atoms with Gasteiger partial charge >= 0.3 is 58.2 Å². The Morgan fingerprint density at radius 1 is 1.56 bits per heavy atom. The predicted molar refractivity (Wildman–Crippen MR) is 29.4 cm³/mol. The van der Waals surface area contributed by atoms with E-state index in [0.29, 0.717) is 5.69 Å². The van der Waals surface area contributed by atoms with Gasteiger partial charge < -0.3 is 16.2 Å². The van der Waals surface area contributed by atoms with Crippen molar-refractivity contribution >= 4 is 5.69 Å². The van der Waals surface area contributed by atoms with Gasteiger partial charge in [0.25, 0.3) is 0 Å². The summed E-state index contributed by atoms with van der Waals surface area (Å²) < 4.78 is 0. The summed E-state index contributed by atoms with van der Waals surface area (Å²) >= 11 is 0. The van der Waals surface area contributed by atoms with Crippen molar-refractivity contribution in [1.82, 2.24) is 4.98 Å². The number of aromatic nitrogens is 1. The molecular formula is C5H6N2ORb-. The number of nitrogens with zero attached hydrogens (tertiary/aromatic N) is 1. The molecule has 1 rings (SSSR count). The van der Waals surface area contributed by atoms with Crippen molar-refractivity contribution in [2.75, 3.05) is 5.73 Å². The van der Waals surface area contributed by atoms with Crippen LogP contribution in [-0.2, 0) is 0 Å². The van der Waals surface area contributed by atoms with E-state index in [0.717, 1.165) is 0 Å². The average Bonchev–Trinajstić information content (AvgIpc) is 1.69. The number of anilines is 1. The summed E-state index contributed by atoms with van der Waals surface area (Å²) in [5, 5.41) is 0. The van der Waals surface area contributed by atoms with Gasteiger partial charge in [-0.3, -0.25) is 0 Å². The van der Waals surface area contributed by atoms with Crippen LogP contribution in [0.15, 0.2) is 18.3 Å².